The van der Waals surface area contributed by atoms with Crippen molar-refractivity contribution in [1.82, 2.24) is 10.2 Å². The van der Waals surface area contributed by atoms with Gasteiger partial charge in [0.15, 0.2) is 0 Å². The molecule has 1 aliphatic rings. The Labute approximate surface area is 132 Å². The SMILES string of the molecule is NC(=O)C1CCN(C(=O)NCc2cccc(OC(F)F)c2)CC1. The molecule has 0 radical (unpaired) electrons. The summed E-state index contributed by atoms with van der Waals surface area (Å²) >= 11 is 0. The maximum Gasteiger partial charge on any atom is 0.387 e. The standard InChI is InChI=1S/C15H19F2N3O3/c16-14(17)23-12-3-1-2-10(8-12)9-19-15(22)20-6-4-11(5-7-20)13(18)21/h1-3,8,11,14H,4-7,9H2,(H2,18,21)(H,19,22). The number of hydrogen-bond donors (Lipinski definition) is 2. The van der Waals surface area contributed by atoms with Gasteiger partial charge in [0.05, 0.1) is 0 Å². The number of carbonyl (C=O) groups excluding carboxylic acids is 2. The van der Waals surface area contributed by atoms with E-state index in [2.05, 4.69) is 10.1 Å². The number of urea groups is 1. The number of piperidine rings is 1. The van der Waals surface area contributed by atoms with Gasteiger partial charge in [-0.05, 0) is 30.5 Å². The molecule has 1 aromatic rings. The topological polar surface area (TPSA) is 84.7 Å². The summed E-state index contributed by atoms with van der Waals surface area (Å²) in [4.78, 5) is 24.8. The van der Waals surface area contributed by atoms with Crippen LogP contribution in [0.4, 0.5) is 13.6 Å². The van der Waals surface area contributed by atoms with Gasteiger partial charge in [-0.1, -0.05) is 12.1 Å². The van der Waals surface area contributed by atoms with Crippen LogP contribution in [0, 0.1) is 5.92 Å². The zero-order valence-corrected chi connectivity index (χ0v) is 12.5. The minimum atomic E-state index is -2.88. The zero-order valence-electron chi connectivity index (χ0n) is 12.5. The number of halogens is 2. The largest absolute Gasteiger partial charge is 0.435 e. The smallest absolute Gasteiger partial charge is 0.387 e. The lowest BCUT2D eigenvalue weighted by atomic mass is 9.96. The highest BCUT2D eigenvalue weighted by Crippen LogP contribution is 2.18. The van der Waals surface area contributed by atoms with Crippen molar-refractivity contribution >= 4 is 11.9 Å². The second-order valence-corrected chi connectivity index (χ2v) is 5.35. The number of ether oxygens (including phenoxy) is 1. The average Bonchev–Trinajstić information content (AvgIpc) is 2.52. The Bertz CT molecular complexity index is 561. The summed E-state index contributed by atoms with van der Waals surface area (Å²) in [5, 5.41) is 2.72. The second-order valence-electron chi connectivity index (χ2n) is 5.35. The number of amides is 3. The normalized spacial score (nSPS) is 15.5. The monoisotopic (exact) mass is 327 g/mol. The summed E-state index contributed by atoms with van der Waals surface area (Å²) < 4.78 is 28.6. The molecular weight excluding hydrogens is 308 g/mol. The molecule has 0 saturated carbocycles. The van der Waals surface area contributed by atoms with Gasteiger partial charge >= 0.3 is 12.6 Å². The highest BCUT2D eigenvalue weighted by atomic mass is 19.3. The molecule has 0 unspecified atom stereocenters. The number of benzene rings is 1. The number of nitrogens with zero attached hydrogens (tertiary/aromatic N) is 1. The lowest BCUT2D eigenvalue weighted by Gasteiger charge is -2.30. The molecule has 1 saturated heterocycles. The third-order valence-corrected chi connectivity index (χ3v) is 3.75. The molecule has 1 fully saturated rings. The number of nitrogens with one attached hydrogen (secondary N) is 1. The van der Waals surface area contributed by atoms with Crippen LogP contribution in [0.15, 0.2) is 24.3 Å². The van der Waals surface area contributed by atoms with Crippen molar-refractivity contribution in [3.05, 3.63) is 29.8 Å². The van der Waals surface area contributed by atoms with Crippen molar-refractivity contribution in [2.24, 2.45) is 11.7 Å². The number of rotatable bonds is 5. The summed E-state index contributed by atoms with van der Waals surface area (Å²) in [5.74, 6) is -0.461. The van der Waals surface area contributed by atoms with E-state index in [0.717, 1.165) is 0 Å². The minimum absolute atomic E-state index is 0.0500. The van der Waals surface area contributed by atoms with Crippen LogP contribution >= 0.6 is 0 Å². The third-order valence-electron chi connectivity index (χ3n) is 3.75. The van der Waals surface area contributed by atoms with Gasteiger partial charge in [0.25, 0.3) is 0 Å². The molecule has 3 N–H and O–H groups in total. The van der Waals surface area contributed by atoms with Gasteiger partial charge in [0.1, 0.15) is 5.75 Å². The van der Waals surface area contributed by atoms with Crippen molar-refractivity contribution in [3.63, 3.8) is 0 Å². The number of alkyl halides is 2. The van der Waals surface area contributed by atoms with Gasteiger partial charge < -0.3 is 20.7 Å². The fourth-order valence-corrected chi connectivity index (χ4v) is 2.49. The van der Waals surface area contributed by atoms with Gasteiger partial charge in [0.2, 0.25) is 5.91 Å². The Balaban J connectivity index is 1.82. The molecule has 1 aliphatic heterocycles. The number of carbonyl (C=O) groups is 2. The number of likely N-dealkylation sites (tertiary alicyclic amines) is 1. The fraction of sp³-hybridized carbons (Fsp3) is 0.467. The lowest BCUT2D eigenvalue weighted by Crippen LogP contribution is -2.46. The van der Waals surface area contributed by atoms with Crippen LogP contribution in [-0.2, 0) is 11.3 Å². The predicted molar refractivity (Wildman–Crippen MR) is 78.8 cm³/mol. The molecule has 0 atom stereocenters. The molecular formula is C15H19F2N3O3. The Morgan fingerprint density at radius 1 is 1.35 bits per heavy atom. The van der Waals surface area contributed by atoms with Crippen molar-refractivity contribution in [3.8, 4) is 5.75 Å². The number of primary amides is 1. The van der Waals surface area contributed by atoms with Crippen molar-refractivity contribution in [2.75, 3.05) is 13.1 Å². The van der Waals surface area contributed by atoms with Gasteiger partial charge in [-0.15, -0.1) is 0 Å². The molecule has 0 aliphatic carbocycles. The molecule has 0 spiro atoms. The van der Waals surface area contributed by atoms with E-state index in [9.17, 15) is 18.4 Å². The zero-order chi connectivity index (χ0) is 16.8. The van der Waals surface area contributed by atoms with Crippen LogP contribution in [0.5, 0.6) is 5.75 Å². The van der Waals surface area contributed by atoms with Crippen LogP contribution in [0.2, 0.25) is 0 Å². The van der Waals surface area contributed by atoms with Gasteiger partial charge in [-0.3, -0.25) is 4.79 Å². The van der Waals surface area contributed by atoms with E-state index in [1.54, 1.807) is 17.0 Å². The molecule has 126 valence electrons. The van der Waals surface area contributed by atoms with E-state index in [-0.39, 0.29) is 30.2 Å². The Morgan fingerprint density at radius 3 is 2.65 bits per heavy atom. The fourth-order valence-electron chi connectivity index (χ4n) is 2.49. The summed E-state index contributed by atoms with van der Waals surface area (Å²) in [6.45, 7) is -1.75. The van der Waals surface area contributed by atoms with E-state index in [4.69, 9.17) is 5.73 Å². The summed E-state index contributed by atoms with van der Waals surface area (Å²) in [7, 11) is 0. The number of nitrogens with two attached hydrogens (primary N) is 1. The van der Waals surface area contributed by atoms with Crippen molar-refractivity contribution < 1.29 is 23.1 Å². The maximum absolute atomic E-state index is 12.2. The van der Waals surface area contributed by atoms with Crippen LogP contribution in [0.25, 0.3) is 0 Å². The molecule has 3 amide bonds. The van der Waals surface area contributed by atoms with Crippen molar-refractivity contribution in [2.45, 2.75) is 26.0 Å². The van der Waals surface area contributed by atoms with Gasteiger partial charge in [-0.2, -0.15) is 8.78 Å². The predicted octanol–water partition coefficient (Wildman–Crippen LogP) is 1.69. The van der Waals surface area contributed by atoms with E-state index in [1.807, 2.05) is 0 Å². The van der Waals surface area contributed by atoms with Crippen LogP contribution in [0.3, 0.4) is 0 Å². The van der Waals surface area contributed by atoms with Crippen LogP contribution in [0.1, 0.15) is 18.4 Å². The highest BCUT2D eigenvalue weighted by Gasteiger charge is 2.25. The first-order valence-electron chi connectivity index (χ1n) is 7.31. The minimum Gasteiger partial charge on any atom is -0.435 e. The van der Waals surface area contributed by atoms with Crippen LogP contribution in [-0.4, -0.2) is 36.5 Å². The first-order valence-corrected chi connectivity index (χ1v) is 7.31. The maximum atomic E-state index is 12.2. The summed E-state index contributed by atoms with van der Waals surface area (Å²) in [6, 6.07) is 5.90. The van der Waals surface area contributed by atoms with Gasteiger partial charge in [0, 0.05) is 25.6 Å². The molecule has 23 heavy (non-hydrogen) atoms. The Kier molecular flexibility index (Phi) is 5.72. The Hall–Kier alpha value is -2.38. The van der Waals surface area contributed by atoms with Gasteiger partial charge in [-0.25, -0.2) is 4.79 Å². The summed E-state index contributed by atoms with van der Waals surface area (Å²) in [6.07, 6.45) is 1.11. The summed E-state index contributed by atoms with van der Waals surface area (Å²) in [5.41, 5.74) is 5.90. The van der Waals surface area contributed by atoms with E-state index < -0.39 is 6.61 Å². The second kappa shape index (κ2) is 7.75. The highest BCUT2D eigenvalue weighted by molar-refractivity contribution is 5.78. The number of hydrogen-bond acceptors (Lipinski definition) is 3. The average molecular weight is 327 g/mol. The molecule has 1 heterocycles. The molecule has 6 nitrogen and oxygen atoms in total. The molecule has 0 aromatic heterocycles. The molecule has 2 rings (SSSR count). The lowest BCUT2D eigenvalue weighted by molar-refractivity contribution is -0.123. The first kappa shape index (κ1) is 17.0. The first-order chi connectivity index (χ1) is 11.0. The quantitative estimate of drug-likeness (QED) is 0.863. The molecule has 0 bridgehead atoms. The van der Waals surface area contributed by atoms with E-state index in [1.165, 1.54) is 12.1 Å². The Morgan fingerprint density at radius 2 is 2.04 bits per heavy atom. The molecule has 8 heteroatoms. The van der Waals surface area contributed by atoms with Crippen molar-refractivity contribution in [1.29, 1.82) is 0 Å². The third kappa shape index (κ3) is 5.08. The molecule has 1 aromatic carbocycles. The van der Waals surface area contributed by atoms with Crippen LogP contribution < -0.4 is 15.8 Å². The van der Waals surface area contributed by atoms with E-state index >= 15 is 0 Å². The van der Waals surface area contributed by atoms with E-state index in [0.29, 0.717) is 31.5 Å².